The fourth-order valence-corrected chi connectivity index (χ4v) is 5.40. The number of benzene rings is 2. The molecular formula is C30H32N2O8S. The second-order valence-electron chi connectivity index (χ2n) is 9.19. The number of phenols is 1. The number of aryl methyl sites for hydroxylation is 1. The minimum absolute atomic E-state index is 0.0828. The number of unbranched alkanes of at least 4 members (excludes halogenated alkanes) is 1. The van der Waals surface area contributed by atoms with Crippen molar-refractivity contribution in [3.63, 3.8) is 0 Å². The third-order valence-electron chi connectivity index (χ3n) is 6.37. The molecule has 1 amide bonds. The number of amides is 1. The predicted molar refractivity (Wildman–Crippen MR) is 154 cm³/mol. The highest BCUT2D eigenvalue weighted by atomic mass is 32.1. The molecule has 2 N–H and O–H groups in total. The summed E-state index contributed by atoms with van der Waals surface area (Å²) in [4.78, 5) is 45.4. The minimum atomic E-state index is -1.14. The molecule has 0 spiro atoms. The normalized spacial score (nSPS) is 16.2. The summed E-state index contributed by atoms with van der Waals surface area (Å²) < 4.78 is 16.4. The number of rotatable bonds is 11. The lowest BCUT2D eigenvalue weighted by molar-refractivity contribution is -0.132. The average Bonchev–Trinajstić information content (AvgIpc) is 3.46. The van der Waals surface area contributed by atoms with Gasteiger partial charge in [0, 0.05) is 5.56 Å². The number of aromatic nitrogens is 1. The molecule has 1 saturated heterocycles. The maximum atomic E-state index is 13.6. The fourth-order valence-electron chi connectivity index (χ4n) is 4.41. The molecular weight excluding hydrogens is 548 g/mol. The van der Waals surface area contributed by atoms with Crippen LogP contribution in [0.4, 0.5) is 5.13 Å². The molecule has 3 aromatic rings. The first-order valence-corrected chi connectivity index (χ1v) is 14.2. The molecule has 1 fully saturated rings. The van der Waals surface area contributed by atoms with E-state index in [1.54, 1.807) is 45.0 Å². The van der Waals surface area contributed by atoms with Crippen LogP contribution in [0.15, 0.2) is 48.0 Å². The van der Waals surface area contributed by atoms with Crippen LogP contribution in [0.2, 0.25) is 0 Å². The summed E-state index contributed by atoms with van der Waals surface area (Å²) in [6, 6.07) is 9.93. The summed E-state index contributed by atoms with van der Waals surface area (Å²) in [5, 5.41) is 21.9. The number of carbonyl (C=O) groups is 3. The number of Topliss-reactive ketones (excluding diaryl/α,β-unsaturated/α-hetero) is 1. The van der Waals surface area contributed by atoms with Gasteiger partial charge in [-0.05, 0) is 57.0 Å². The zero-order chi connectivity index (χ0) is 29.7. The maximum Gasteiger partial charge on any atom is 0.350 e. The van der Waals surface area contributed by atoms with Crippen molar-refractivity contribution in [1.29, 1.82) is 0 Å². The van der Waals surface area contributed by atoms with Crippen molar-refractivity contribution in [3.05, 3.63) is 69.7 Å². The lowest BCUT2D eigenvalue weighted by Gasteiger charge is -2.23. The molecule has 1 atom stereocenters. The van der Waals surface area contributed by atoms with Crippen LogP contribution in [0.5, 0.6) is 17.2 Å². The highest BCUT2D eigenvalue weighted by Gasteiger charge is 2.48. The van der Waals surface area contributed by atoms with E-state index in [0.29, 0.717) is 23.6 Å². The van der Waals surface area contributed by atoms with Gasteiger partial charge in [0.1, 0.15) is 16.4 Å². The number of hydrogen-bond donors (Lipinski definition) is 2. The molecule has 4 rings (SSSR count). The van der Waals surface area contributed by atoms with E-state index in [4.69, 9.17) is 14.2 Å². The van der Waals surface area contributed by atoms with E-state index in [1.807, 2.05) is 6.92 Å². The number of phenolic OH excluding ortho intramolecular Hbond substituents is 1. The number of carbonyl (C=O) groups excluding carboxylic acids is 3. The standard InChI is InChI=1S/C30H32N2O8S/c1-5-8-14-40-20-11-9-10-19(15-20)25(34)23-24(18-12-13-21(33)22(16-18)38-6-2)32(28(36)26(23)35)30-31-17(4)27(41-30)29(37)39-7-3/h9-13,15-16,24,33-34H,5-8,14H2,1-4H3/b25-23+. The zero-order valence-corrected chi connectivity index (χ0v) is 24.1. The summed E-state index contributed by atoms with van der Waals surface area (Å²) in [7, 11) is 0. The summed E-state index contributed by atoms with van der Waals surface area (Å²) in [6.45, 7) is 7.99. The quantitative estimate of drug-likeness (QED) is 0.0985. The maximum absolute atomic E-state index is 13.6. The molecule has 1 aliphatic rings. The molecule has 216 valence electrons. The van der Waals surface area contributed by atoms with Crippen LogP contribution in [-0.2, 0) is 14.3 Å². The number of aliphatic hydroxyl groups is 1. The Morgan fingerprint density at radius 1 is 1.07 bits per heavy atom. The third-order valence-corrected chi connectivity index (χ3v) is 7.51. The number of anilines is 1. The molecule has 10 nitrogen and oxygen atoms in total. The molecule has 0 bridgehead atoms. The van der Waals surface area contributed by atoms with E-state index >= 15 is 0 Å². The van der Waals surface area contributed by atoms with Gasteiger partial charge in [0.15, 0.2) is 16.6 Å². The van der Waals surface area contributed by atoms with Crippen LogP contribution in [0.3, 0.4) is 0 Å². The summed E-state index contributed by atoms with van der Waals surface area (Å²) in [6.07, 6.45) is 1.80. The van der Waals surface area contributed by atoms with Crippen LogP contribution in [0, 0.1) is 6.92 Å². The number of nitrogens with zero attached hydrogens (tertiary/aromatic N) is 2. The van der Waals surface area contributed by atoms with Crippen molar-refractivity contribution < 1.29 is 38.8 Å². The van der Waals surface area contributed by atoms with E-state index in [1.165, 1.54) is 18.2 Å². The highest BCUT2D eigenvalue weighted by Crippen LogP contribution is 2.45. The van der Waals surface area contributed by atoms with Gasteiger partial charge in [-0.25, -0.2) is 9.78 Å². The number of aromatic hydroxyl groups is 1. The molecule has 1 aliphatic heterocycles. The van der Waals surface area contributed by atoms with Crippen molar-refractivity contribution in [2.75, 3.05) is 24.7 Å². The molecule has 0 aliphatic carbocycles. The Morgan fingerprint density at radius 3 is 2.56 bits per heavy atom. The van der Waals surface area contributed by atoms with Crippen LogP contribution in [0.25, 0.3) is 5.76 Å². The largest absolute Gasteiger partial charge is 0.507 e. The molecule has 0 radical (unpaired) electrons. The van der Waals surface area contributed by atoms with Crippen molar-refractivity contribution in [3.8, 4) is 17.2 Å². The van der Waals surface area contributed by atoms with Crippen LogP contribution >= 0.6 is 11.3 Å². The Bertz CT molecular complexity index is 1500. The Kier molecular flexibility index (Phi) is 9.28. The Labute approximate surface area is 241 Å². The number of ketones is 1. The van der Waals surface area contributed by atoms with Gasteiger partial charge in [0.2, 0.25) is 0 Å². The Balaban J connectivity index is 1.89. The number of ether oxygens (including phenoxy) is 3. The van der Waals surface area contributed by atoms with E-state index in [9.17, 15) is 24.6 Å². The molecule has 2 aromatic carbocycles. The van der Waals surface area contributed by atoms with Gasteiger partial charge in [0.25, 0.3) is 5.78 Å². The lowest BCUT2D eigenvalue weighted by Crippen LogP contribution is -2.29. The summed E-state index contributed by atoms with van der Waals surface area (Å²) in [5.74, 6) is -2.33. The second-order valence-corrected chi connectivity index (χ2v) is 10.2. The SMILES string of the molecule is CCCCOc1cccc(/C(O)=C2\C(=O)C(=O)N(c3nc(C)c(C(=O)OCC)s3)C2c2ccc(O)c(OCC)c2)c1. The van der Waals surface area contributed by atoms with Crippen LogP contribution in [0.1, 0.15) is 66.1 Å². The highest BCUT2D eigenvalue weighted by molar-refractivity contribution is 7.17. The van der Waals surface area contributed by atoms with Crippen molar-refractivity contribution in [1.82, 2.24) is 4.98 Å². The molecule has 11 heteroatoms. The van der Waals surface area contributed by atoms with Crippen molar-refractivity contribution in [2.24, 2.45) is 0 Å². The van der Waals surface area contributed by atoms with E-state index < -0.39 is 29.5 Å². The molecule has 2 heterocycles. The summed E-state index contributed by atoms with van der Waals surface area (Å²) >= 11 is 0.912. The molecule has 0 saturated carbocycles. The molecule has 41 heavy (non-hydrogen) atoms. The first kappa shape index (κ1) is 29.6. The van der Waals surface area contributed by atoms with Crippen molar-refractivity contribution >= 4 is 39.9 Å². The van der Waals surface area contributed by atoms with Gasteiger partial charge in [-0.15, -0.1) is 0 Å². The minimum Gasteiger partial charge on any atom is -0.507 e. The predicted octanol–water partition coefficient (Wildman–Crippen LogP) is 5.54. The number of hydrogen-bond acceptors (Lipinski definition) is 10. The first-order chi connectivity index (χ1) is 19.7. The van der Waals surface area contributed by atoms with Gasteiger partial charge >= 0.3 is 11.9 Å². The average molecular weight is 581 g/mol. The second kappa shape index (κ2) is 12.9. The van der Waals surface area contributed by atoms with E-state index in [2.05, 4.69) is 4.98 Å². The Morgan fingerprint density at radius 2 is 1.85 bits per heavy atom. The van der Waals surface area contributed by atoms with Gasteiger partial charge in [-0.1, -0.05) is 42.9 Å². The molecule has 1 aromatic heterocycles. The fraction of sp³-hybridized carbons (Fsp3) is 0.333. The summed E-state index contributed by atoms with van der Waals surface area (Å²) in [5.41, 5.74) is 0.822. The van der Waals surface area contributed by atoms with E-state index in [0.717, 1.165) is 29.1 Å². The van der Waals surface area contributed by atoms with Crippen LogP contribution in [-0.4, -0.2) is 52.7 Å². The van der Waals surface area contributed by atoms with Crippen LogP contribution < -0.4 is 14.4 Å². The van der Waals surface area contributed by atoms with Gasteiger partial charge in [-0.2, -0.15) is 0 Å². The first-order valence-electron chi connectivity index (χ1n) is 13.4. The monoisotopic (exact) mass is 580 g/mol. The number of aliphatic hydroxyl groups excluding tert-OH is 1. The smallest absolute Gasteiger partial charge is 0.350 e. The van der Waals surface area contributed by atoms with Gasteiger partial charge < -0.3 is 24.4 Å². The zero-order valence-electron chi connectivity index (χ0n) is 23.3. The Hall–Kier alpha value is -4.38. The topological polar surface area (TPSA) is 135 Å². The third kappa shape index (κ3) is 6.04. The number of esters is 1. The lowest BCUT2D eigenvalue weighted by atomic mass is 9.95. The van der Waals surface area contributed by atoms with Gasteiger partial charge in [-0.3, -0.25) is 14.5 Å². The van der Waals surface area contributed by atoms with E-state index in [-0.39, 0.29) is 45.9 Å². The number of thiazole rings is 1. The molecule has 1 unspecified atom stereocenters. The van der Waals surface area contributed by atoms with Gasteiger partial charge in [0.05, 0.1) is 37.1 Å². The van der Waals surface area contributed by atoms with Crippen molar-refractivity contribution in [2.45, 2.75) is 46.6 Å².